The number of hydrogen-bond acceptors (Lipinski definition) is 0. The second-order valence-corrected chi connectivity index (χ2v) is 12.2. The lowest BCUT2D eigenvalue weighted by Crippen LogP contribution is -2.00. The van der Waals surface area contributed by atoms with E-state index in [-0.39, 0.29) is 0 Å². The Balaban J connectivity index is 1.32. The van der Waals surface area contributed by atoms with E-state index in [1.807, 2.05) is 0 Å². The fourth-order valence-corrected chi connectivity index (χ4v) is 7.60. The van der Waals surface area contributed by atoms with Crippen LogP contribution in [0.25, 0.3) is 87.7 Å². The number of nitrogens with zero attached hydrogens (tertiary/aromatic N) is 2. The van der Waals surface area contributed by atoms with Crippen LogP contribution in [0.5, 0.6) is 0 Å². The first-order valence-electron chi connectivity index (χ1n) is 15.9. The Morgan fingerprint density at radius 3 is 1.15 bits per heavy atom. The Hall–Kier alpha value is -6.12. The Bertz CT molecular complexity index is 2570. The molecule has 0 atom stereocenters. The maximum absolute atomic E-state index is 2.43. The highest BCUT2D eigenvalue weighted by molar-refractivity contribution is 6.11. The van der Waals surface area contributed by atoms with Crippen molar-refractivity contribution in [2.24, 2.45) is 0 Å². The van der Waals surface area contributed by atoms with Gasteiger partial charge in [-0.1, -0.05) is 121 Å². The molecule has 214 valence electrons. The average molecular weight is 585 g/mol. The normalized spacial score (nSPS) is 11.9. The Morgan fingerprint density at radius 1 is 0.261 bits per heavy atom. The second kappa shape index (κ2) is 9.69. The molecule has 0 aliphatic rings. The summed E-state index contributed by atoms with van der Waals surface area (Å²) in [5.74, 6) is 0. The van der Waals surface area contributed by atoms with E-state index in [4.69, 9.17) is 0 Å². The molecule has 0 spiro atoms. The molecule has 2 aromatic heterocycles. The molecule has 0 aliphatic heterocycles. The first kappa shape index (κ1) is 25.2. The molecule has 0 saturated heterocycles. The quantitative estimate of drug-likeness (QED) is 0.183. The Morgan fingerprint density at radius 2 is 0.652 bits per heavy atom. The largest absolute Gasteiger partial charge is 0.309 e. The summed E-state index contributed by atoms with van der Waals surface area (Å²) < 4.78 is 4.87. The van der Waals surface area contributed by atoms with Crippen LogP contribution < -0.4 is 0 Å². The highest BCUT2D eigenvalue weighted by atomic mass is 15.0. The molecule has 0 radical (unpaired) electrons. The lowest BCUT2D eigenvalue weighted by Gasteiger charge is -2.16. The van der Waals surface area contributed by atoms with E-state index in [1.54, 1.807) is 0 Å². The third kappa shape index (κ3) is 3.65. The summed E-state index contributed by atoms with van der Waals surface area (Å²) in [7, 11) is 0. The van der Waals surface area contributed by atoms with E-state index >= 15 is 0 Å². The van der Waals surface area contributed by atoms with Crippen LogP contribution in [0.15, 0.2) is 170 Å². The van der Waals surface area contributed by atoms with Gasteiger partial charge in [-0.3, -0.25) is 0 Å². The van der Waals surface area contributed by atoms with Crippen molar-refractivity contribution in [2.75, 3.05) is 0 Å². The smallest absolute Gasteiger partial charge is 0.0541 e. The summed E-state index contributed by atoms with van der Waals surface area (Å²) in [6.07, 6.45) is 0. The average Bonchev–Trinajstić information content (AvgIpc) is 3.64. The molecule has 2 heterocycles. The molecular weight excluding hydrogens is 556 g/mol. The topological polar surface area (TPSA) is 9.86 Å². The van der Waals surface area contributed by atoms with E-state index < -0.39 is 0 Å². The van der Waals surface area contributed by atoms with Crippen molar-refractivity contribution in [3.8, 4) is 22.5 Å². The zero-order valence-electron chi connectivity index (χ0n) is 25.1. The molecule has 0 amide bonds. The predicted octanol–water partition coefficient (Wildman–Crippen LogP) is 11.9. The maximum Gasteiger partial charge on any atom is 0.0541 e. The summed E-state index contributed by atoms with van der Waals surface area (Å²) in [6.45, 7) is 0. The fraction of sp³-hybridized carbons (Fsp3) is 0. The van der Waals surface area contributed by atoms with Gasteiger partial charge in [0.1, 0.15) is 0 Å². The molecule has 0 N–H and O–H groups in total. The molecule has 0 fully saturated rings. The van der Waals surface area contributed by atoms with Gasteiger partial charge in [0.2, 0.25) is 0 Å². The van der Waals surface area contributed by atoms with E-state index in [2.05, 4.69) is 179 Å². The van der Waals surface area contributed by atoms with Gasteiger partial charge in [0.15, 0.2) is 0 Å². The van der Waals surface area contributed by atoms with Gasteiger partial charge in [0, 0.05) is 32.9 Å². The van der Waals surface area contributed by atoms with Crippen molar-refractivity contribution in [2.45, 2.75) is 0 Å². The van der Waals surface area contributed by atoms with E-state index in [1.165, 1.54) is 76.3 Å². The minimum absolute atomic E-state index is 1.14. The maximum atomic E-state index is 2.43. The van der Waals surface area contributed by atoms with Gasteiger partial charge in [0.05, 0.1) is 22.1 Å². The first-order valence-corrected chi connectivity index (χ1v) is 15.9. The third-order valence-corrected chi connectivity index (χ3v) is 9.66. The molecule has 0 saturated carbocycles. The SMILES string of the molecule is c1ccc2c(c1)ccc1ccc(-c3cc(-n4c5ccccc5c5ccccc54)cc(-n4c5ccccc5c5ccccc54)c3)cc12. The van der Waals surface area contributed by atoms with Gasteiger partial charge in [-0.05, 0) is 81.2 Å². The molecule has 2 nitrogen and oxygen atoms in total. The zero-order chi connectivity index (χ0) is 30.2. The number of rotatable bonds is 3. The van der Waals surface area contributed by atoms with Crippen molar-refractivity contribution < 1.29 is 0 Å². The van der Waals surface area contributed by atoms with Crippen LogP contribution in [0.2, 0.25) is 0 Å². The van der Waals surface area contributed by atoms with Crippen molar-refractivity contribution in [3.63, 3.8) is 0 Å². The summed E-state index contributed by atoms with van der Waals surface area (Å²) >= 11 is 0. The summed E-state index contributed by atoms with van der Waals surface area (Å²) in [4.78, 5) is 0. The number of para-hydroxylation sites is 4. The standard InChI is InChI=1S/C44H28N2/c1-2-12-35-29(11-1)21-22-30-23-24-31(27-40(30)35)32-25-33(45-41-17-7-3-13-36(41)37-14-4-8-18-42(37)45)28-34(26-32)46-43-19-9-5-15-38(43)39-16-6-10-20-44(39)46/h1-28H. The lowest BCUT2D eigenvalue weighted by atomic mass is 9.96. The van der Waals surface area contributed by atoms with Gasteiger partial charge in [-0.25, -0.2) is 0 Å². The van der Waals surface area contributed by atoms with Gasteiger partial charge in [-0.15, -0.1) is 0 Å². The van der Waals surface area contributed by atoms with Crippen molar-refractivity contribution >= 4 is 65.2 Å². The molecule has 46 heavy (non-hydrogen) atoms. The van der Waals surface area contributed by atoms with Crippen LogP contribution in [-0.2, 0) is 0 Å². The van der Waals surface area contributed by atoms with Crippen LogP contribution in [-0.4, -0.2) is 9.13 Å². The Labute approximate surface area is 266 Å². The molecule has 2 heteroatoms. The second-order valence-electron chi connectivity index (χ2n) is 12.2. The Kier molecular flexibility index (Phi) is 5.31. The van der Waals surface area contributed by atoms with Crippen LogP contribution in [0.4, 0.5) is 0 Å². The predicted molar refractivity (Wildman–Crippen MR) is 196 cm³/mol. The summed E-state index contributed by atoms with van der Waals surface area (Å²) in [5.41, 5.74) is 9.50. The van der Waals surface area contributed by atoms with Crippen LogP contribution in [0.3, 0.4) is 0 Å². The zero-order valence-corrected chi connectivity index (χ0v) is 25.1. The van der Waals surface area contributed by atoms with Gasteiger partial charge < -0.3 is 9.13 Å². The van der Waals surface area contributed by atoms with Crippen LogP contribution in [0, 0.1) is 0 Å². The number of aromatic nitrogens is 2. The van der Waals surface area contributed by atoms with E-state index in [9.17, 15) is 0 Å². The van der Waals surface area contributed by atoms with Crippen molar-refractivity contribution in [3.05, 3.63) is 170 Å². The molecule has 10 aromatic rings. The monoisotopic (exact) mass is 584 g/mol. The van der Waals surface area contributed by atoms with E-state index in [0.717, 1.165) is 11.4 Å². The molecule has 0 aliphatic carbocycles. The van der Waals surface area contributed by atoms with Crippen LogP contribution in [0.1, 0.15) is 0 Å². The number of benzene rings is 8. The lowest BCUT2D eigenvalue weighted by molar-refractivity contribution is 1.13. The first-order chi connectivity index (χ1) is 22.8. The summed E-state index contributed by atoms with van der Waals surface area (Å²) in [5, 5.41) is 10.1. The minimum atomic E-state index is 1.14. The van der Waals surface area contributed by atoms with Gasteiger partial charge in [-0.2, -0.15) is 0 Å². The molecule has 8 aromatic carbocycles. The molecular formula is C44H28N2. The highest BCUT2D eigenvalue weighted by Crippen LogP contribution is 2.38. The fourth-order valence-electron chi connectivity index (χ4n) is 7.60. The van der Waals surface area contributed by atoms with Crippen molar-refractivity contribution in [1.29, 1.82) is 0 Å². The summed E-state index contributed by atoms with van der Waals surface area (Å²) in [6, 6.07) is 62.2. The van der Waals surface area contributed by atoms with Gasteiger partial charge in [0.25, 0.3) is 0 Å². The highest BCUT2D eigenvalue weighted by Gasteiger charge is 2.17. The number of hydrogen-bond donors (Lipinski definition) is 0. The van der Waals surface area contributed by atoms with Crippen molar-refractivity contribution in [1.82, 2.24) is 9.13 Å². The third-order valence-electron chi connectivity index (χ3n) is 9.66. The molecule has 10 rings (SSSR count). The van der Waals surface area contributed by atoms with Crippen LogP contribution >= 0.6 is 0 Å². The number of fused-ring (bicyclic) bond motifs is 9. The minimum Gasteiger partial charge on any atom is -0.309 e. The molecule has 0 bridgehead atoms. The molecule has 0 unspecified atom stereocenters. The van der Waals surface area contributed by atoms with Gasteiger partial charge >= 0.3 is 0 Å². The van der Waals surface area contributed by atoms with E-state index in [0.29, 0.717) is 0 Å².